The maximum absolute atomic E-state index is 12.6. The van der Waals surface area contributed by atoms with Gasteiger partial charge in [-0.2, -0.15) is 12.8 Å². The van der Waals surface area contributed by atoms with Crippen LogP contribution in [0.2, 0.25) is 0 Å². The van der Waals surface area contributed by atoms with E-state index in [-0.39, 0.29) is 10.7 Å². The van der Waals surface area contributed by atoms with Crippen LogP contribution in [0.15, 0.2) is 69.5 Å². The Morgan fingerprint density at radius 3 is 2.50 bits per heavy atom. The van der Waals surface area contributed by atoms with Gasteiger partial charge in [0.1, 0.15) is 0 Å². The van der Waals surface area contributed by atoms with Crippen LogP contribution < -0.4 is 0 Å². The van der Waals surface area contributed by atoms with Crippen LogP contribution in [0.4, 0.5) is 0 Å². The van der Waals surface area contributed by atoms with Crippen LogP contribution >= 0.6 is 0 Å². The predicted octanol–water partition coefficient (Wildman–Crippen LogP) is 2.54. The van der Waals surface area contributed by atoms with Crippen LogP contribution in [-0.4, -0.2) is 19.9 Å². The van der Waals surface area contributed by atoms with E-state index in [1.165, 1.54) is 6.07 Å². The fraction of sp³-hybridized carbons (Fsp3) is 0.0588. The van der Waals surface area contributed by atoms with Crippen molar-refractivity contribution in [1.82, 2.24) is 0 Å². The van der Waals surface area contributed by atoms with Crippen molar-refractivity contribution in [3.8, 4) is 0 Å². The molecule has 0 N–H and O–H groups in total. The number of sulfonamides is 1. The molecule has 0 fully saturated rings. The van der Waals surface area contributed by atoms with Crippen molar-refractivity contribution in [2.75, 3.05) is 0 Å². The molecule has 0 saturated heterocycles. The lowest BCUT2D eigenvalue weighted by Crippen LogP contribution is -2.18. The molecular formula is C17H11NO3S. The first-order valence-electron chi connectivity index (χ1n) is 6.84. The van der Waals surface area contributed by atoms with E-state index in [9.17, 15) is 13.2 Å². The highest BCUT2D eigenvalue weighted by Gasteiger charge is 2.35. The Kier molecular flexibility index (Phi) is 2.68. The second kappa shape index (κ2) is 4.48. The highest BCUT2D eigenvalue weighted by atomic mass is 32.2. The molecule has 0 atom stereocenters. The van der Waals surface area contributed by atoms with Crippen LogP contribution in [0, 0.1) is 0 Å². The van der Waals surface area contributed by atoms with Gasteiger partial charge in [-0.25, -0.2) is 0 Å². The third kappa shape index (κ3) is 1.86. The van der Waals surface area contributed by atoms with Crippen LogP contribution in [0.25, 0.3) is 0 Å². The lowest BCUT2D eigenvalue weighted by Gasteiger charge is -2.15. The molecule has 1 aliphatic heterocycles. The number of carbonyl (C=O) groups is 1. The van der Waals surface area contributed by atoms with E-state index in [1.807, 2.05) is 30.3 Å². The molecule has 108 valence electrons. The van der Waals surface area contributed by atoms with Gasteiger partial charge in [-0.15, -0.1) is 0 Å². The number of hydrogen-bond acceptors (Lipinski definition) is 3. The van der Waals surface area contributed by atoms with Gasteiger partial charge in [-0.1, -0.05) is 42.5 Å². The fourth-order valence-corrected chi connectivity index (χ4v) is 4.10. The summed E-state index contributed by atoms with van der Waals surface area (Å²) in [6.45, 7) is 0. The largest absolute Gasteiger partial charge is 0.289 e. The van der Waals surface area contributed by atoms with Gasteiger partial charge in [0.15, 0.2) is 5.78 Å². The minimum Gasteiger partial charge on any atom is -0.289 e. The minimum absolute atomic E-state index is 0.128. The molecule has 0 unspecified atom stereocenters. The molecule has 1 aliphatic carbocycles. The van der Waals surface area contributed by atoms with E-state index < -0.39 is 10.0 Å². The Morgan fingerprint density at radius 2 is 1.73 bits per heavy atom. The van der Waals surface area contributed by atoms with Crippen molar-refractivity contribution < 1.29 is 13.2 Å². The Morgan fingerprint density at radius 1 is 0.955 bits per heavy atom. The summed E-state index contributed by atoms with van der Waals surface area (Å²) in [7, 11) is -3.68. The van der Waals surface area contributed by atoms with Gasteiger partial charge in [0.2, 0.25) is 0 Å². The molecular weight excluding hydrogens is 298 g/mol. The molecule has 0 saturated carbocycles. The van der Waals surface area contributed by atoms with E-state index in [4.69, 9.17) is 0 Å². The number of Topliss-reactive ketones (excluding diaryl/α,β-unsaturated/α-hetero) is 1. The van der Waals surface area contributed by atoms with Crippen LogP contribution in [0.1, 0.15) is 21.5 Å². The van der Waals surface area contributed by atoms with E-state index in [0.717, 1.165) is 5.56 Å². The third-order valence-corrected chi connectivity index (χ3v) is 5.20. The summed E-state index contributed by atoms with van der Waals surface area (Å²) in [6, 6.07) is 14.4. The number of allylic oxidation sites excluding steroid dienone is 2. The van der Waals surface area contributed by atoms with Crippen molar-refractivity contribution in [1.29, 1.82) is 0 Å². The van der Waals surface area contributed by atoms with Gasteiger partial charge in [-0.3, -0.25) is 4.79 Å². The van der Waals surface area contributed by atoms with Crippen LogP contribution in [0.3, 0.4) is 0 Å². The van der Waals surface area contributed by atoms with Gasteiger partial charge in [0, 0.05) is 23.1 Å². The molecule has 0 bridgehead atoms. The number of nitrogens with zero attached hydrogens (tertiary/aromatic N) is 1. The topological polar surface area (TPSA) is 63.6 Å². The summed E-state index contributed by atoms with van der Waals surface area (Å²) in [4.78, 5) is 12.8. The molecule has 4 nitrogen and oxygen atoms in total. The predicted molar refractivity (Wildman–Crippen MR) is 82.7 cm³/mol. The quantitative estimate of drug-likeness (QED) is 0.856. The molecule has 0 spiro atoms. The third-order valence-electron chi connectivity index (χ3n) is 3.86. The molecule has 2 aromatic carbocycles. The van der Waals surface area contributed by atoms with Crippen LogP contribution in [-0.2, 0) is 16.4 Å². The molecule has 0 radical (unpaired) electrons. The highest BCUT2D eigenvalue weighted by molar-refractivity contribution is 7.90. The standard InChI is InChI=1S/C17H11NO3S/c19-17-12(9-11-5-2-1-3-6-11)10-14-16-13(17)7-4-8-15(16)22(20,21)18-14/h1-8,10H,9H2. The van der Waals surface area contributed by atoms with Crippen molar-refractivity contribution >= 4 is 21.5 Å². The summed E-state index contributed by atoms with van der Waals surface area (Å²) < 4.78 is 27.9. The maximum Gasteiger partial charge on any atom is 0.283 e. The van der Waals surface area contributed by atoms with Crippen molar-refractivity contribution in [3.05, 3.63) is 76.9 Å². The Bertz CT molecular complexity index is 970. The average molecular weight is 309 g/mol. The summed E-state index contributed by atoms with van der Waals surface area (Å²) in [5.41, 5.74) is 2.81. The maximum atomic E-state index is 12.6. The fourth-order valence-electron chi connectivity index (χ4n) is 2.87. The Labute approximate surface area is 127 Å². The molecule has 5 heteroatoms. The van der Waals surface area contributed by atoms with Gasteiger partial charge < -0.3 is 0 Å². The second-order valence-corrected chi connectivity index (χ2v) is 6.86. The zero-order valence-electron chi connectivity index (χ0n) is 11.5. The highest BCUT2D eigenvalue weighted by Crippen LogP contribution is 2.34. The minimum atomic E-state index is -3.68. The first-order valence-corrected chi connectivity index (χ1v) is 8.28. The first kappa shape index (κ1) is 13.2. The van der Waals surface area contributed by atoms with E-state index >= 15 is 0 Å². The van der Waals surface area contributed by atoms with Crippen molar-refractivity contribution in [2.24, 2.45) is 4.40 Å². The first-order chi connectivity index (χ1) is 10.6. The van der Waals surface area contributed by atoms with Gasteiger partial charge in [0.05, 0.1) is 10.6 Å². The molecule has 22 heavy (non-hydrogen) atoms. The summed E-state index contributed by atoms with van der Waals surface area (Å²) in [5, 5.41) is 0. The normalized spacial score (nSPS) is 17.7. The number of rotatable bonds is 2. The van der Waals surface area contributed by atoms with Gasteiger partial charge >= 0.3 is 0 Å². The van der Waals surface area contributed by atoms with E-state index in [0.29, 0.717) is 28.8 Å². The number of ketones is 1. The van der Waals surface area contributed by atoms with E-state index in [1.54, 1.807) is 18.2 Å². The SMILES string of the molecule is O=C1C(Cc2ccccc2)=CC2=NS(=O)(=O)c3cccc1c32. The Hall–Kier alpha value is -2.53. The molecule has 2 aromatic rings. The number of benzene rings is 2. The molecule has 2 aliphatic rings. The van der Waals surface area contributed by atoms with Crippen LogP contribution in [0.5, 0.6) is 0 Å². The summed E-state index contributed by atoms with van der Waals surface area (Å²) >= 11 is 0. The molecule has 0 amide bonds. The smallest absolute Gasteiger partial charge is 0.283 e. The lowest BCUT2D eigenvalue weighted by atomic mass is 9.86. The molecule has 1 heterocycles. The summed E-state index contributed by atoms with van der Waals surface area (Å²) in [5.74, 6) is -0.128. The molecule has 4 rings (SSSR count). The van der Waals surface area contributed by atoms with Crippen molar-refractivity contribution in [3.63, 3.8) is 0 Å². The zero-order valence-corrected chi connectivity index (χ0v) is 12.3. The lowest BCUT2D eigenvalue weighted by molar-refractivity contribution is 0.103. The van der Waals surface area contributed by atoms with E-state index in [2.05, 4.69) is 4.40 Å². The van der Waals surface area contributed by atoms with Gasteiger partial charge in [-0.05, 0) is 17.7 Å². The molecule has 0 aromatic heterocycles. The Balaban J connectivity index is 1.87. The average Bonchev–Trinajstić information content (AvgIpc) is 2.77. The van der Waals surface area contributed by atoms with Gasteiger partial charge in [0.25, 0.3) is 10.0 Å². The summed E-state index contributed by atoms with van der Waals surface area (Å²) in [6.07, 6.45) is 2.06. The zero-order chi connectivity index (χ0) is 15.3. The number of carbonyl (C=O) groups excluding carboxylic acids is 1. The second-order valence-electron chi connectivity index (χ2n) is 5.29. The number of hydrogen-bond donors (Lipinski definition) is 0. The van der Waals surface area contributed by atoms with Crippen molar-refractivity contribution in [2.45, 2.75) is 11.3 Å². The monoisotopic (exact) mass is 309 g/mol.